The molecule has 1 aromatic rings. The van der Waals surface area contributed by atoms with E-state index in [0.29, 0.717) is 5.75 Å². The van der Waals surface area contributed by atoms with Gasteiger partial charge in [-0.05, 0) is 31.0 Å². The summed E-state index contributed by atoms with van der Waals surface area (Å²) in [6.07, 6.45) is 3.55. The van der Waals surface area contributed by atoms with Crippen molar-refractivity contribution >= 4 is 33.8 Å². The molecule has 0 radical (unpaired) electrons. The summed E-state index contributed by atoms with van der Waals surface area (Å²) in [5, 5.41) is 0. The predicted molar refractivity (Wildman–Crippen MR) is 85.8 cm³/mol. The molecule has 1 aromatic carbocycles. The van der Waals surface area contributed by atoms with Gasteiger partial charge in [0.15, 0.2) is 0 Å². The minimum Gasteiger partial charge on any atom is -0.492 e. The van der Waals surface area contributed by atoms with Crippen molar-refractivity contribution < 1.29 is 19.1 Å². The SMILES string of the molecule is O=C1C(=O)N(C2CCCC2)C(=O)N1CCOc1cccc(Br)c1. The maximum Gasteiger partial charge on any atom is 0.334 e. The number of ether oxygens (including phenoxy) is 1. The van der Waals surface area contributed by atoms with Crippen molar-refractivity contribution in [1.29, 1.82) is 0 Å². The normalized spacial score (nSPS) is 19.1. The molecule has 2 aliphatic rings. The third-order valence-electron chi connectivity index (χ3n) is 4.15. The Labute approximate surface area is 142 Å². The summed E-state index contributed by atoms with van der Waals surface area (Å²) in [4.78, 5) is 38.6. The first-order valence-corrected chi connectivity index (χ1v) is 8.44. The largest absolute Gasteiger partial charge is 0.492 e. The van der Waals surface area contributed by atoms with Gasteiger partial charge in [0, 0.05) is 10.5 Å². The molecular weight excluding hydrogens is 364 g/mol. The van der Waals surface area contributed by atoms with Crippen molar-refractivity contribution in [3.63, 3.8) is 0 Å². The molecule has 6 nitrogen and oxygen atoms in total. The Morgan fingerprint density at radius 3 is 2.57 bits per heavy atom. The highest BCUT2D eigenvalue weighted by molar-refractivity contribution is 9.10. The summed E-state index contributed by atoms with van der Waals surface area (Å²) in [5.41, 5.74) is 0. The molecule has 1 aliphatic heterocycles. The van der Waals surface area contributed by atoms with Gasteiger partial charge >= 0.3 is 17.8 Å². The molecule has 1 aliphatic carbocycles. The number of urea groups is 1. The maximum atomic E-state index is 12.4. The van der Waals surface area contributed by atoms with E-state index in [1.54, 1.807) is 12.1 Å². The maximum absolute atomic E-state index is 12.4. The lowest BCUT2D eigenvalue weighted by Gasteiger charge is -2.21. The van der Waals surface area contributed by atoms with Crippen LogP contribution in [0.1, 0.15) is 25.7 Å². The molecule has 0 unspecified atom stereocenters. The van der Waals surface area contributed by atoms with Crippen molar-refractivity contribution in [2.75, 3.05) is 13.2 Å². The van der Waals surface area contributed by atoms with Crippen molar-refractivity contribution in [3.8, 4) is 5.75 Å². The standard InChI is InChI=1S/C16H17BrN2O4/c17-11-4-3-7-13(10-11)23-9-8-18-14(20)15(21)19(16(18)22)12-5-1-2-6-12/h3-4,7,10,12H,1-2,5-6,8-9H2. The van der Waals surface area contributed by atoms with E-state index in [1.165, 1.54) is 0 Å². The molecule has 0 aromatic heterocycles. The van der Waals surface area contributed by atoms with E-state index in [4.69, 9.17) is 4.74 Å². The minimum absolute atomic E-state index is 0.0686. The molecule has 1 heterocycles. The third kappa shape index (κ3) is 3.24. The van der Waals surface area contributed by atoms with Gasteiger partial charge < -0.3 is 4.74 Å². The van der Waals surface area contributed by atoms with Crippen LogP contribution in [0.3, 0.4) is 0 Å². The summed E-state index contributed by atoms with van der Waals surface area (Å²) in [5.74, 6) is -0.818. The number of carbonyl (C=O) groups excluding carboxylic acids is 3. The van der Waals surface area contributed by atoms with Gasteiger partial charge in [0.25, 0.3) is 0 Å². The van der Waals surface area contributed by atoms with Crippen LogP contribution in [0.4, 0.5) is 4.79 Å². The second-order valence-corrected chi connectivity index (χ2v) is 6.57. The lowest BCUT2D eigenvalue weighted by Crippen LogP contribution is -2.40. The average molecular weight is 381 g/mol. The number of halogens is 1. The molecule has 3 rings (SSSR count). The Kier molecular flexibility index (Phi) is 4.66. The van der Waals surface area contributed by atoms with Gasteiger partial charge in [0.1, 0.15) is 12.4 Å². The number of carbonyl (C=O) groups is 3. The zero-order valence-electron chi connectivity index (χ0n) is 12.5. The van der Waals surface area contributed by atoms with Crippen LogP contribution in [-0.2, 0) is 9.59 Å². The lowest BCUT2D eigenvalue weighted by molar-refractivity contribution is -0.144. The molecule has 7 heteroatoms. The number of amides is 4. The van der Waals surface area contributed by atoms with Gasteiger partial charge in [0.05, 0.1) is 6.54 Å². The molecule has 0 atom stereocenters. The highest BCUT2D eigenvalue weighted by Crippen LogP contribution is 2.27. The fourth-order valence-corrected chi connectivity index (χ4v) is 3.39. The van der Waals surface area contributed by atoms with Crippen LogP contribution in [0.25, 0.3) is 0 Å². The summed E-state index contributed by atoms with van der Waals surface area (Å²) in [6.45, 7) is 0.221. The molecular formula is C16H17BrN2O4. The van der Waals surface area contributed by atoms with Crippen molar-refractivity contribution in [2.45, 2.75) is 31.7 Å². The smallest absolute Gasteiger partial charge is 0.334 e. The summed E-state index contributed by atoms with van der Waals surface area (Å²) < 4.78 is 6.42. The van der Waals surface area contributed by atoms with Gasteiger partial charge in [-0.2, -0.15) is 0 Å². The molecule has 4 amide bonds. The molecule has 0 spiro atoms. The van der Waals surface area contributed by atoms with Crippen LogP contribution >= 0.6 is 15.9 Å². The fourth-order valence-electron chi connectivity index (χ4n) is 3.02. The number of benzene rings is 1. The predicted octanol–water partition coefficient (Wildman–Crippen LogP) is 2.56. The quantitative estimate of drug-likeness (QED) is 0.581. The van der Waals surface area contributed by atoms with Crippen LogP contribution in [0.2, 0.25) is 0 Å². The Balaban J connectivity index is 1.60. The molecule has 0 N–H and O–H groups in total. The van der Waals surface area contributed by atoms with E-state index < -0.39 is 17.8 Å². The number of hydrogen-bond acceptors (Lipinski definition) is 4. The number of nitrogens with zero attached hydrogens (tertiary/aromatic N) is 2. The lowest BCUT2D eigenvalue weighted by atomic mass is 10.2. The van der Waals surface area contributed by atoms with Crippen molar-refractivity contribution in [1.82, 2.24) is 9.80 Å². The van der Waals surface area contributed by atoms with Gasteiger partial charge in [-0.25, -0.2) is 4.79 Å². The first kappa shape index (κ1) is 16.0. The molecule has 2 fully saturated rings. The Bertz CT molecular complexity index is 643. The van der Waals surface area contributed by atoms with Gasteiger partial charge in [-0.3, -0.25) is 19.4 Å². The van der Waals surface area contributed by atoms with E-state index in [-0.39, 0.29) is 19.2 Å². The average Bonchev–Trinajstić information content (AvgIpc) is 3.11. The van der Waals surface area contributed by atoms with Crippen LogP contribution in [0.5, 0.6) is 5.75 Å². The van der Waals surface area contributed by atoms with Crippen LogP contribution < -0.4 is 4.74 Å². The zero-order chi connectivity index (χ0) is 16.4. The van der Waals surface area contributed by atoms with E-state index in [2.05, 4.69) is 15.9 Å². The Morgan fingerprint density at radius 1 is 1.13 bits per heavy atom. The van der Waals surface area contributed by atoms with Crippen LogP contribution in [0, 0.1) is 0 Å². The topological polar surface area (TPSA) is 66.9 Å². The summed E-state index contributed by atoms with van der Waals surface area (Å²) in [7, 11) is 0. The number of hydrogen-bond donors (Lipinski definition) is 0. The first-order chi connectivity index (χ1) is 11.1. The number of rotatable bonds is 5. The fraction of sp³-hybridized carbons (Fsp3) is 0.438. The minimum atomic E-state index is -0.750. The molecule has 122 valence electrons. The van der Waals surface area contributed by atoms with Gasteiger partial charge in [-0.1, -0.05) is 34.8 Å². The third-order valence-corrected chi connectivity index (χ3v) is 4.65. The van der Waals surface area contributed by atoms with E-state index in [1.807, 2.05) is 12.1 Å². The molecule has 0 bridgehead atoms. The van der Waals surface area contributed by atoms with Gasteiger partial charge in [0.2, 0.25) is 0 Å². The summed E-state index contributed by atoms with van der Waals surface area (Å²) in [6, 6.07) is 6.65. The monoisotopic (exact) mass is 380 g/mol. The van der Waals surface area contributed by atoms with E-state index in [0.717, 1.165) is 40.0 Å². The first-order valence-electron chi connectivity index (χ1n) is 7.65. The van der Waals surface area contributed by atoms with E-state index >= 15 is 0 Å². The van der Waals surface area contributed by atoms with Crippen molar-refractivity contribution in [2.24, 2.45) is 0 Å². The second kappa shape index (κ2) is 6.70. The highest BCUT2D eigenvalue weighted by atomic mass is 79.9. The highest BCUT2D eigenvalue weighted by Gasteiger charge is 2.47. The van der Waals surface area contributed by atoms with E-state index in [9.17, 15) is 14.4 Å². The molecule has 1 saturated carbocycles. The molecule has 1 saturated heterocycles. The zero-order valence-corrected chi connectivity index (χ0v) is 14.1. The van der Waals surface area contributed by atoms with Crippen LogP contribution in [-0.4, -0.2) is 46.8 Å². The second-order valence-electron chi connectivity index (χ2n) is 5.66. The number of imide groups is 2. The van der Waals surface area contributed by atoms with Crippen LogP contribution in [0.15, 0.2) is 28.7 Å². The Morgan fingerprint density at radius 2 is 1.87 bits per heavy atom. The summed E-state index contributed by atoms with van der Waals surface area (Å²) >= 11 is 3.34. The van der Waals surface area contributed by atoms with Crippen molar-refractivity contribution in [3.05, 3.63) is 28.7 Å². The molecule has 23 heavy (non-hydrogen) atoms. The van der Waals surface area contributed by atoms with Gasteiger partial charge in [-0.15, -0.1) is 0 Å². The Hall–Kier alpha value is -1.89.